The number of hydrogen-bond donors (Lipinski definition) is 1. The number of nitrogens with zero attached hydrogens (tertiary/aromatic N) is 2. The van der Waals surface area contributed by atoms with Crippen LogP contribution in [0, 0.1) is 11.7 Å². The van der Waals surface area contributed by atoms with Gasteiger partial charge < -0.3 is 10.3 Å². The summed E-state index contributed by atoms with van der Waals surface area (Å²) in [4.78, 5) is 4.14. The molecule has 0 aliphatic heterocycles. The Labute approximate surface area is 106 Å². The highest BCUT2D eigenvalue weighted by molar-refractivity contribution is 5.78. The van der Waals surface area contributed by atoms with Crippen LogP contribution in [0.2, 0.25) is 0 Å². The average Bonchev–Trinajstić information content (AvgIpc) is 2.70. The number of anilines is 1. The molecule has 3 nitrogen and oxygen atoms in total. The molecular formula is C14H18FN3. The molecule has 0 saturated heterocycles. The van der Waals surface area contributed by atoms with Crippen molar-refractivity contribution in [3.63, 3.8) is 0 Å². The minimum Gasteiger partial charge on any atom is -0.369 e. The molecule has 1 aliphatic rings. The van der Waals surface area contributed by atoms with Gasteiger partial charge in [-0.05, 0) is 30.9 Å². The van der Waals surface area contributed by atoms with Gasteiger partial charge in [-0.3, -0.25) is 0 Å². The number of para-hydroxylation sites is 1. The fraction of sp³-hybridized carbons (Fsp3) is 0.500. The van der Waals surface area contributed by atoms with E-state index in [4.69, 9.17) is 5.73 Å². The van der Waals surface area contributed by atoms with Crippen LogP contribution < -0.4 is 5.73 Å². The van der Waals surface area contributed by atoms with E-state index in [-0.39, 0.29) is 5.82 Å². The van der Waals surface area contributed by atoms with Crippen molar-refractivity contribution in [3.8, 4) is 0 Å². The molecule has 0 atom stereocenters. The molecule has 1 aromatic heterocycles. The highest BCUT2D eigenvalue weighted by atomic mass is 19.1. The monoisotopic (exact) mass is 247 g/mol. The van der Waals surface area contributed by atoms with E-state index in [9.17, 15) is 4.39 Å². The predicted octanol–water partition coefficient (Wildman–Crippen LogP) is 3.34. The highest BCUT2D eigenvalue weighted by Crippen LogP contribution is 2.28. The second kappa shape index (κ2) is 4.59. The Morgan fingerprint density at radius 2 is 2.06 bits per heavy atom. The number of imidazole rings is 1. The van der Waals surface area contributed by atoms with Crippen LogP contribution in [-0.4, -0.2) is 9.55 Å². The zero-order chi connectivity index (χ0) is 12.5. The molecule has 1 fully saturated rings. The third-order valence-electron chi connectivity index (χ3n) is 3.92. The molecule has 0 amide bonds. The molecule has 1 saturated carbocycles. The number of aromatic nitrogens is 2. The summed E-state index contributed by atoms with van der Waals surface area (Å²) < 4.78 is 15.6. The number of benzene rings is 1. The van der Waals surface area contributed by atoms with Crippen LogP contribution in [0.25, 0.3) is 11.0 Å². The van der Waals surface area contributed by atoms with E-state index in [1.54, 1.807) is 6.07 Å². The summed E-state index contributed by atoms with van der Waals surface area (Å²) in [6.45, 7) is 0.867. The fourth-order valence-corrected chi connectivity index (χ4v) is 2.95. The largest absolute Gasteiger partial charge is 0.369 e. The van der Waals surface area contributed by atoms with Crippen molar-refractivity contribution < 1.29 is 4.39 Å². The van der Waals surface area contributed by atoms with Crippen LogP contribution >= 0.6 is 0 Å². The Morgan fingerprint density at radius 1 is 1.28 bits per heavy atom. The third-order valence-corrected chi connectivity index (χ3v) is 3.92. The summed E-state index contributed by atoms with van der Waals surface area (Å²) >= 11 is 0. The van der Waals surface area contributed by atoms with Crippen molar-refractivity contribution in [1.82, 2.24) is 9.55 Å². The first-order valence-electron chi connectivity index (χ1n) is 6.66. The maximum atomic E-state index is 13.6. The molecule has 1 aromatic carbocycles. The summed E-state index contributed by atoms with van der Waals surface area (Å²) in [7, 11) is 0. The van der Waals surface area contributed by atoms with Gasteiger partial charge in [-0.1, -0.05) is 25.3 Å². The third kappa shape index (κ3) is 1.96. The minimum atomic E-state index is -0.290. The van der Waals surface area contributed by atoms with E-state index < -0.39 is 0 Å². The smallest absolute Gasteiger partial charge is 0.201 e. The summed E-state index contributed by atoms with van der Waals surface area (Å²) in [6.07, 6.45) is 6.42. The first-order valence-corrected chi connectivity index (χ1v) is 6.66. The molecule has 2 aromatic rings. The number of nitrogen functional groups attached to an aromatic ring is 1. The second-order valence-corrected chi connectivity index (χ2v) is 5.19. The minimum absolute atomic E-state index is 0.290. The molecular weight excluding hydrogens is 229 g/mol. The zero-order valence-electron chi connectivity index (χ0n) is 10.4. The first kappa shape index (κ1) is 11.5. The van der Waals surface area contributed by atoms with Gasteiger partial charge in [0.25, 0.3) is 0 Å². The van der Waals surface area contributed by atoms with Gasteiger partial charge in [0.2, 0.25) is 5.95 Å². The van der Waals surface area contributed by atoms with Gasteiger partial charge in [-0.2, -0.15) is 0 Å². The number of rotatable bonds is 2. The SMILES string of the molecule is Nc1nc2c(F)cccc2n1CC1CCCCC1. The standard InChI is InChI=1S/C14H18FN3/c15-11-7-4-8-12-13(11)17-14(16)18(12)9-10-5-2-1-3-6-10/h4,7-8,10H,1-3,5-6,9H2,(H2,16,17). The summed E-state index contributed by atoms with van der Waals surface area (Å²) in [5, 5.41) is 0. The quantitative estimate of drug-likeness (QED) is 0.884. The molecule has 0 bridgehead atoms. The average molecular weight is 247 g/mol. The molecule has 0 radical (unpaired) electrons. The fourth-order valence-electron chi connectivity index (χ4n) is 2.95. The number of halogens is 1. The van der Waals surface area contributed by atoms with E-state index in [2.05, 4.69) is 4.98 Å². The van der Waals surface area contributed by atoms with Gasteiger partial charge >= 0.3 is 0 Å². The van der Waals surface area contributed by atoms with E-state index >= 15 is 0 Å². The van der Waals surface area contributed by atoms with Crippen LogP contribution in [0.4, 0.5) is 10.3 Å². The van der Waals surface area contributed by atoms with Crippen LogP contribution in [0.1, 0.15) is 32.1 Å². The molecule has 0 spiro atoms. The van der Waals surface area contributed by atoms with Crippen molar-refractivity contribution in [2.45, 2.75) is 38.6 Å². The Kier molecular flexibility index (Phi) is 2.94. The number of hydrogen-bond acceptors (Lipinski definition) is 2. The normalized spacial score (nSPS) is 17.4. The van der Waals surface area contributed by atoms with Crippen LogP contribution in [0.5, 0.6) is 0 Å². The lowest BCUT2D eigenvalue weighted by atomic mass is 9.89. The van der Waals surface area contributed by atoms with Gasteiger partial charge in [0, 0.05) is 6.54 Å². The Bertz CT molecular complexity index is 555. The van der Waals surface area contributed by atoms with Crippen molar-refractivity contribution in [2.75, 3.05) is 5.73 Å². The molecule has 18 heavy (non-hydrogen) atoms. The van der Waals surface area contributed by atoms with Crippen molar-refractivity contribution in [2.24, 2.45) is 5.92 Å². The highest BCUT2D eigenvalue weighted by Gasteiger charge is 2.18. The Morgan fingerprint density at radius 3 is 2.83 bits per heavy atom. The van der Waals surface area contributed by atoms with Gasteiger partial charge in [0.05, 0.1) is 5.52 Å². The van der Waals surface area contributed by atoms with Crippen molar-refractivity contribution >= 4 is 17.0 Å². The van der Waals surface area contributed by atoms with E-state index in [1.165, 1.54) is 38.2 Å². The van der Waals surface area contributed by atoms with Gasteiger partial charge in [-0.15, -0.1) is 0 Å². The lowest BCUT2D eigenvalue weighted by Crippen LogP contribution is -2.15. The van der Waals surface area contributed by atoms with Gasteiger partial charge in [0.15, 0.2) is 5.82 Å². The van der Waals surface area contributed by atoms with Gasteiger partial charge in [0.1, 0.15) is 5.52 Å². The predicted molar refractivity (Wildman–Crippen MR) is 70.7 cm³/mol. The Hall–Kier alpha value is -1.58. The maximum absolute atomic E-state index is 13.6. The Balaban J connectivity index is 1.95. The van der Waals surface area contributed by atoms with Gasteiger partial charge in [-0.25, -0.2) is 9.37 Å². The zero-order valence-corrected chi connectivity index (χ0v) is 10.4. The molecule has 1 aliphatic carbocycles. The van der Waals surface area contributed by atoms with Crippen LogP contribution in [0.3, 0.4) is 0 Å². The summed E-state index contributed by atoms with van der Waals surface area (Å²) in [5.74, 6) is 0.795. The first-order chi connectivity index (χ1) is 8.75. The van der Waals surface area contributed by atoms with E-state index in [0.717, 1.165) is 12.1 Å². The molecule has 4 heteroatoms. The maximum Gasteiger partial charge on any atom is 0.201 e. The number of fused-ring (bicyclic) bond motifs is 1. The molecule has 0 unspecified atom stereocenters. The van der Waals surface area contributed by atoms with Crippen LogP contribution in [0.15, 0.2) is 18.2 Å². The second-order valence-electron chi connectivity index (χ2n) is 5.19. The lowest BCUT2D eigenvalue weighted by molar-refractivity contribution is 0.323. The van der Waals surface area contributed by atoms with Crippen LogP contribution in [-0.2, 0) is 6.54 Å². The molecule has 2 N–H and O–H groups in total. The lowest BCUT2D eigenvalue weighted by Gasteiger charge is -2.22. The molecule has 3 rings (SSSR count). The number of nitrogens with two attached hydrogens (primary N) is 1. The van der Waals surface area contributed by atoms with Crippen molar-refractivity contribution in [1.29, 1.82) is 0 Å². The van der Waals surface area contributed by atoms with Crippen molar-refractivity contribution in [3.05, 3.63) is 24.0 Å². The topological polar surface area (TPSA) is 43.8 Å². The van der Waals surface area contributed by atoms with E-state index in [0.29, 0.717) is 17.4 Å². The van der Waals surface area contributed by atoms with E-state index in [1.807, 2.05) is 10.6 Å². The molecule has 1 heterocycles. The molecule has 96 valence electrons. The summed E-state index contributed by atoms with van der Waals surface area (Å²) in [6, 6.07) is 5.04. The summed E-state index contributed by atoms with van der Waals surface area (Å²) in [5.41, 5.74) is 7.14.